The maximum atomic E-state index is 12.3. The lowest BCUT2D eigenvalue weighted by Crippen LogP contribution is -2.29. The molecule has 0 aliphatic carbocycles. The number of hydrogen-bond donors (Lipinski definition) is 1. The van der Waals surface area contributed by atoms with Gasteiger partial charge in [0.2, 0.25) is 0 Å². The van der Waals surface area contributed by atoms with Gasteiger partial charge in [-0.25, -0.2) is 15.0 Å². The van der Waals surface area contributed by atoms with Crippen molar-refractivity contribution in [3.63, 3.8) is 0 Å². The van der Waals surface area contributed by atoms with E-state index >= 15 is 0 Å². The molecule has 0 aliphatic heterocycles. The predicted molar refractivity (Wildman–Crippen MR) is 94.2 cm³/mol. The summed E-state index contributed by atoms with van der Waals surface area (Å²) in [6, 6.07) is 1.75. The zero-order chi connectivity index (χ0) is 17.4. The number of carbonyl (C=O) groups is 1. The molecule has 0 atom stereocenters. The molecule has 0 aromatic carbocycles. The van der Waals surface area contributed by atoms with Crippen LogP contribution in [0.2, 0.25) is 0 Å². The van der Waals surface area contributed by atoms with Gasteiger partial charge in [-0.3, -0.25) is 4.79 Å². The van der Waals surface area contributed by atoms with Crippen LogP contribution in [0.25, 0.3) is 10.8 Å². The maximum Gasteiger partial charge on any atom is 0.263 e. The molecule has 0 aliphatic rings. The number of carbonyl (C=O) groups excluding carboxylic acids is 1. The average molecular weight is 349 g/mol. The van der Waals surface area contributed by atoms with Crippen molar-refractivity contribution in [2.45, 2.75) is 13.3 Å². The summed E-state index contributed by atoms with van der Waals surface area (Å²) in [6.07, 6.45) is 4.22. The first kappa shape index (κ1) is 18.4. The normalized spacial score (nSPS) is 11.0. The number of hydrogen-bond acceptors (Lipinski definition) is 7. The number of thiazole rings is 1. The van der Waals surface area contributed by atoms with E-state index in [0.717, 1.165) is 19.5 Å². The monoisotopic (exact) mass is 349 g/mol. The van der Waals surface area contributed by atoms with E-state index in [2.05, 4.69) is 25.2 Å². The molecule has 24 heavy (non-hydrogen) atoms. The van der Waals surface area contributed by atoms with E-state index in [-0.39, 0.29) is 5.91 Å². The smallest absolute Gasteiger partial charge is 0.263 e. The fourth-order valence-electron chi connectivity index (χ4n) is 2.10. The lowest BCUT2D eigenvalue weighted by molar-refractivity contribution is 0.0954. The van der Waals surface area contributed by atoms with E-state index in [1.165, 1.54) is 11.3 Å². The molecule has 2 aromatic heterocycles. The van der Waals surface area contributed by atoms with Gasteiger partial charge in [0, 0.05) is 32.6 Å². The van der Waals surface area contributed by atoms with Crippen LogP contribution in [0, 0.1) is 6.92 Å². The van der Waals surface area contributed by atoms with Gasteiger partial charge in [-0.2, -0.15) is 0 Å². The molecule has 0 saturated heterocycles. The average Bonchev–Trinajstić information content (AvgIpc) is 2.99. The van der Waals surface area contributed by atoms with Crippen LogP contribution in [0.15, 0.2) is 18.5 Å². The van der Waals surface area contributed by atoms with Gasteiger partial charge in [0.1, 0.15) is 4.88 Å². The maximum absolute atomic E-state index is 12.3. The van der Waals surface area contributed by atoms with Gasteiger partial charge in [-0.1, -0.05) is 0 Å². The van der Waals surface area contributed by atoms with Crippen molar-refractivity contribution < 1.29 is 9.53 Å². The highest BCUT2D eigenvalue weighted by atomic mass is 32.1. The van der Waals surface area contributed by atoms with Crippen molar-refractivity contribution in [3.8, 4) is 10.8 Å². The minimum atomic E-state index is -0.0910. The van der Waals surface area contributed by atoms with Crippen molar-refractivity contribution in [2.75, 3.05) is 40.4 Å². The molecule has 0 saturated carbocycles. The Labute approximate surface area is 146 Å². The Balaban J connectivity index is 1.84. The minimum absolute atomic E-state index is 0.0910. The second-order valence-electron chi connectivity index (χ2n) is 5.41. The highest BCUT2D eigenvalue weighted by molar-refractivity contribution is 7.17. The van der Waals surface area contributed by atoms with E-state index in [1.54, 1.807) is 25.6 Å². The molecular formula is C16H23N5O2S. The quantitative estimate of drug-likeness (QED) is 0.693. The lowest BCUT2D eigenvalue weighted by Gasteiger charge is -2.15. The third-order valence-corrected chi connectivity index (χ3v) is 4.59. The highest BCUT2D eigenvalue weighted by Crippen LogP contribution is 2.24. The molecule has 2 heterocycles. The first-order chi connectivity index (χ1) is 11.6. The molecular weight excluding hydrogens is 326 g/mol. The summed E-state index contributed by atoms with van der Waals surface area (Å²) in [5.74, 6) is 0.455. The van der Waals surface area contributed by atoms with E-state index in [0.29, 0.717) is 34.6 Å². The summed E-state index contributed by atoms with van der Waals surface area (Å²) in [4.78, 5) is 27.9. The second kappa shape index (κ2) is 9.41. The van der Waals surface area contributed by atoms with E-state index < -0.39 is 0 Å². The molecule has 2 rings (SSSR count). The standard InChI is InChI=1S/C16H23N5O2S/c1-12-13(24-16(20-12)14-17-6-4-7-18-14)15(22)19-8-5-9-21(2)10-11-23-3/h4,6-7H,5,8-11H2,1-3H3,(H,19,22). The molecule has 0 spiro atoms. The van der Waals surface area contributed by atoms with Crippen LogP contribution in [0.4, 0.5) is 0 Å². The molecule has 2 aromatic rings. The molecule has 8 heteroatoms. The summed E-state index contributed by atoms with van der Waals surface area (Å²) in [7, 11) is 3.74. The number of ether oxygens (including phenoxy) is 1. The second-order valence-corrected chi connectivity index (χ2v) is 6.41. The fraction of sp³-hybridized carbons (Fsp3) is 0.500. The van der Waals surface area contributed by atoms with E-state index in [9.17, 15) is 4.79 Å². The van der Waals surface area contributed by atoms with Crippen LogP contribution in [0.3, 0.4) is 0 Å². The molecule has 0 radical (unpaired) electrons. The van der Waals surface area contributed by atoms with Crippen LogP contribution in [0.1, 0.15) is 21.8 Å². The molecule has 0 bridgehead atoms. The molecule has 1 amide bonds. The van der Waals surface area contributed by atoms with Crippen LogP contribution in [-0.2, 0) is 4.74 Å². The zero-order valence-corrected chi connectivity index (χ0v) is 15.1. The summed E-state index contributed by atoms with van der Waals surface area (Å²) in [5.41, 5.74) is 0.706. The van der Waals surface area contributed by atoms with Gasteiger partial charge in [-0.05, 0) is 33.0 Å². The Kier molecular flexibility index (Phi) is 7.23. The Morgan fingerprint density at radius 3 is 2.79 bits per heavy atom. The summed E-state index contributed by atoms with van der Waals surface area (Å²) in [5, 5.41) is 3.61. The number of amides is 1. The van der Waals surface area contributed by atoms with Crippen molar-refractivity contribution >= 4 is 17.2 Å². The van der Waals surface area contributed by atoms with Crippen LogP contribution in [0.5, 0.6) is 0 Å². The van der Waals surface area contributed by atoms with E-state index in [1.807, 2.05) is 14.0 Å². The number of nitrogens with zero attached hydrogens (tertiary/aromatic N) is 4. The number of likely N-dealkylation sites (N-methyl/N-ethyl adjacent to an activating group) is 1. The minimum Gasteiger partial charge on any atom is -0.383 e. The third-order valence-electron chi connectivity index (χ3n) is 3.44. The summed E-state index contributed by atoms with van der Waals surface area (Å²) >= 11 is 1.32. The van der Waals surface area contributed by atoms with Crippen molar-refractivity contribution in [2.24, 2.45) is 0 Å². The van der Waals surface area contributed by atoms with Gasteiger partial charge in [0.15, 0.2) is 10.8 Å². The third kappa shape index (κ3) is 5.33. The Bertz CT molecular complexity index is 647. The van der Waals surface area contributed by atoms with Gasteiger partial charge < -0.3 is 15.0 Å². The van der Waals surface area contributed by atoms with Crippen molar-refractivity contribution in [1.29, 1.82) is 0 Å². The fourth-order valence-corrected chi connectivity index (χ4v) is 3.03. The highest BCUT2D eigenvalue weighted by Gasteiger charge is 2.17. The van der Waals surface area contributed by atoms with Crippen LogP contribution >= 0.6 is 11.3 Å². The number of aromatic nitrogens is 3. The first-order valence-electron chi connectivity index (χ1n) is 7.82. The van der Waals surface area contributed by atoms with Gasteiger partial charge >= 0.3 is 0 Å². The molecule has 1 N–H and O–H groups in total. The van der Waals surface area contributed by atoms with Crippen LogP contribution in [-0.4, -0.2) is 66.2 Å². The Morgan fingerprint density at radius 2 is 2.08 bits per heavy atom. The topological polar surface area (TPSA) is 80.2 Å². The van der Waals surface area contributed by atoms with Crippen molar-refractivity contribution in [3.05, 3.63) is 29.0 Å². The lowest BCUT2D eigenvalue weighted by atomic mass is 10.3. The van der Waals surface area contributed by atoms with Gasteiger partial charge in [0.05, 0.1) is 12.3 Å². The Hall–Kier alpha value is -1.90. The molecule has 0 fully saturated rings. The Morgan fingerprint density at radius 1 is 1.33 bits per heavy atom. The summed E-state index contributed by atoms with van der Waals surface area (Å²) < 4.78 is 5.04. The summed E-state index contributed by atoms with van der Waals surface area (Å²) in [6.45, 7) is 4.97. The first-order valence-corrected chi connectivity index (χ1v) is 8.64. The molecule has 7 nitrogen and oxygen atoms in total. The number of methoxy groups -OCH3 is 1. The largest absolute Gasteiger partial charge is 0.383 e. The number of aryl methyl sites for hydroxylation is 1. The molecule has 130 valence electrons. The molecule has 0 unspecified atom stereocenters. The SMILES string of the molecule is COCCN(C)CCCNC(=O)c1sc(-c2ncccn2)nc1C. The number of nitrogens with one attached hydrogen (secondary N) is 1. The van der Waals surface area contributed by atoms with Gasteiger partial charge in [-0.15, -0.1) is 11.3 Å². The zero-order valence-electron chi connectivity index (χ0n) is 14.3. The predicted octanol–water partition coefficient (Wildman–Crippen LogP) is 1.61. The van der Waals surface area contributed by atoms with Crippen molar-refractivity contribution in [1.82, 2.24) is 25.2 Å². The number of rotatable bonds is 9. The van der Waals surface area contributed by atoms with E-state index in [4.69, 9.17) is 4.74 Å². The van der Waals surface area contributed by atoms with Crippen LogP contribution < -0.4 is 5.32 Å². The van der Waals surface area contributed by atoms with Gasteiger partial charge in [0.25, 0.3) is 5.91 Å².